The normalized spacial score (nSPS) is 18.4. The molecule has 0 aliphatic heterocycles. The van der Waals surface area contributed by atoms with Crippen molar-refractivity contribution in [1.29, 1.82) is 0 Å². The van der Waals surface area contributed by atoms with Crippen LogP contribution in [0.25, 0.3) is 22.3 Å². The lowest BCUT2D eigenvalue weighted by atomic mass is 9.80. The number of rotatable bonds is 8. The lowest BCUT2D eigenvalue weighted by Gasteiger charge is -2.26. The molecule has 7 heteroatoms. The Morgan fingerprint density at radius 1 is 0.757 bits per heavy atom. The highest BCUT2D eigenvalue weighted by molar-refractivity contribution is 5.72. The highest BCUT2D eigenvalue weighted by Gasteiger charge is 2.29. The van der Waals surface area contributed by atoms with Crippen LogP contribution in [-0.4, -0.2) is 6.11 Å². The molecule has 0 saturated heterocycles. The fraction of sp³-hybridized carbons (Fsp3) is 0.333. The zero-order valence-electron chi connectivity index (χ0n) is 20.4. The van der Waals surface area contributed by atoms with E-state index in [1.165, 1.54) is 36.8 Å². The van der Waals surface area contributed by atoms with Crippen molar-refractivity contribution in [3.05, 3.63) is 90.0 Å². The van der Waals surface area contributed by atoms with Gasteiger partial charge in [-0.1, -0.05) is 44.0 Å². The maximum atomic E-state index is 14.7. The number of alkyl halides is 2. The Hall–Kier alpha value is -3.22. The molecule has 3 aromatic rings. The van der Waals surface area contributed by atoms with Crippen LogP contribution in [0.15, 0.2) is 66.7 Å². The molecular formula is C30H28F6O. The Morgan fingerprint density at radius 3 is 1.95 bits per heavy atom. The summed E-state index contributed by atoms with van der Waals surface area (Å²) in [6, 6.07) is 10.1. The summed E-state index contributed by atoms with van der Waals surface area (Å²) in [5, 5.41) is 0. The predicted octanol–water partition coefficient (Wildman–Crippen LogP) is 9.71. The summed E-state index contributed by atoms with van der Waals surface area (Å²) in [5.41, 5.74) is -0.121. The number of halogens is 6. The molecule has 1 saturated carbocycles. The second-order valence-corrected chi connectivity index (χ2v) is 9.56. The van der Waals surface area contributed by atoms with Crippen molar-refractivity contribution < 1.29 is 31.1 Å². The lowest BCUT2D eigenvalue weighted by Crippen LogP contribution is -2.22. The van der Waals surface area contributed by atoms with Crippen molar-refractivity contribution in [3.63, 3.8) is 0 Å². The molecule has 196 valence electrons. The molecule has 4 rings (SSSR count). The van der Waals surface area contributed by atoms with Gasteiger partial charge in [0.1, 0.15) is 17.4 Å². The van der Waals surface area contributed by atoms with Gasteiger partial charge < -0.3 is 4.74 Å². The molecule has 0 unspecified atom stereocenters. The van der Waals surface area contributed by atoms with Crippen LogP contribution in [0.3, 0.4) is 0 Å². The SMILES string of the molecule is CCCC1CCC(C=CC(F)(F)Oc2ccc(-c3cc(F)c(-c4ccc(F)c(F)c4)c(F)c3)cc2)CC1. The van der Waals surface area contributed by atoms with Crippen LogP contribution in [0.4, 0.5) is 26.3 Å². The summed E-state index contributed by atoms with van der Waals surface area (Å²) < 4.78 is 89.8. The Morgan fingerprint density at radius 2 is 1.35 bits per heavy atom. The van der Waals surface area contributed by atoms with Crippen LogP contribution < -0.4 is 4.74 Å². The maximum absolute atomic E-state index is 14.7. The third-order valence-corrected chi connectivity index (χ3v) is 6.84. The molecule has 37 heavy (non-hydrogen) atoms. The minimum atomic E-state index is -3.49. The summed E-state index contributed by atoms with van der Waals surface area (Å²) in [6.45, 7) is 2.15. The maximum Gasteiger partial charge on any atom is 0.419 e. The molecule has 0 N–H and O–H groups in total. The molecule has 1 nitrogen and oxygen atoms in total. The minimum absolute atomic E-state index is 0.0931. The standard InChI is InChI=1S/C30H28F6O/c1-2-3-19-4-6-20(7-5-19)14-15-30(35,36)37-24-11-8-21(9-12-24)23-17-27(33)29(28(34)18-23)22-10-13-25(31)26(32)16-22/h8-20H,2-7H2,1H3. The molecule has 0 bridgehead atoms. The van der Waals surface area contributed by atoms with Gasteiger partial charge in [0.25, 0.3) is 0 Å². The quantitative estimate of drug-likeness (QED) is 0.213. The van der Waals surface area contributed by atoms with Crippen LogP contribution in [0.2, 0.25) is 0 Å². The summed E-state index contributed by atoms with van der Waals surface area (Å²) in [4.78, 5) is 0. The molecule has 0 amide bonds. The third-order valence-electron chi connectivity index (χ3n) is 6.84. The van der Waals surface area contributed by atoms with Gasteiger partial charge in [-0.25, -0.2) is 17.6 Å². The van der Waals surface area contributed by atoms with Crippen LogP contribution in [0.1, 0.15) is 45.4 Å². The predicted molar refractivity (Wildman–Crippen MR) is 132 cm³/mol. The summed E-state index contributed by atoms with van der Waals surface area (Å²) in [6.07, 6.45) is 5.07. The van der Waals surface area contributed by atoms with Gasteiger partial charge in [0.2, 0.25) is 0 Å². The Kier molecular flexibility index (Phi) is 8.30. The monoisotopic (exact) mass is 518 g/mol. The van der Waals surface area contributed by atoms with Gasteiger partial charge in [0.15, 0.2) is 11.6 Å². The van der Waals surface area contributed by atoms with E-state index < -0.39 is 34.9 Å². The van der Waals surface area contributed by atoms with Gasteiger partial charge in [0, 0.05) is 6.08 Å². The topological polar surface area (TPSA) is 9.23 Å². The molecule has 1 aliphatic rings. The molecule has 3 aromatic carbocycles. The van der Waals surface area contributed by atoms with E-state index in [4.69, 9.17) is 4.74 Å². The van der Waals surface area contributed by atoms with Gasteiger partial charge in [0.05, 0.1) is 5.56 Å². The fourth-order valence-electron chi connectivity index (χ4n) is 4.90. The molecule has 1 aliphatic carbocycles. The molecule has 0 atom stereocenters. The highest BCUT2D eigenvalue weighted by Crippen LogP contribution is 2.35. The van der Waals surface area contributed by atoms with Crippen molar-refractivity contribution >= 4 is 0 Å². The molecule has 0 radical (unpaired) electrons. The van der Waals surface area contributed by atoms with E-state index in [0.717, 1.165) is 62.4 Å². The Bertz CT molecular complexity index is 1220. The average molecular weight is 519 g/mol. The molecular weight excluding hydrogens is 490 g/mol. The lowest BCUT2D eigenvalue weighted by molar-refractivity contribution is -0.132. The largest absolute Gasteiger partial charge is 0.429 e. The first-order valence-electron chi connectivity index (χ1n) is 12.5. The van der Waals surface area contributed by atoms with Crippen molar-refractivity contribution in [3.8, 4) is 28.0 Å². The van der Waals surface area contributed by atoms with Crippen molar-refractivity contribution in [2.24, 2.45) is 11.8 Å². The third kappa shape index (κ3) is 6.76. The van der Waals surface area contributed by atoms with Crippen LogP contribution >= 0.6 is 0 Å². The highest BCUT2D eigenvalue weighted by atomic mass is 19.3. The van der Waals surface area contributed by atoms with E-state index in [1.807, 2.05) is 0 Å². The number of hydrogen-bond acceptors (Lipinski definition) is 1. The number of allylic oxidation sites excluding steroid dienone is 1. The van der Waals surface area contributed by atoms with Crippen LogP contribution in [0, 0.1) is 35.1 Å². The first-order chi connectivity index (χ1) is 17.6. The first-order valence-corrected chi connectivity index (χ1v) is 12.5. The van der Waals surface area contributed by atoms with Crippen molar-refractivity contribution in [2.75, 3.05) is 0 Å². The van der Waals surface area contributed by atoms with E-state index >= 15 is 0 Å². The number of hydrogen-bond donors (Lipinski definition) is 0. The molecule has 1 fully saturated rings. The first kappa shape index (κ1) is 26.8. The van der Waals surface area contributed by atoms with Gasteiger partial charge in [-0.2, -0.15) is 8.78 Å². The van der Waals surface area contributed by atoms with E-state index in [0.29, 0.717) is 17.5 Å². The average Bonchev–Trinajstić information content (AvgIpc) is 2.86. The van der Waals surface area contributed by atoms with Gasteiger partial charge in [-0.15, -0.1) is 0 Å². The van der Waals surface area contributed by atoms with Gasteiger partial charge in [-0.05, 0) is 90.6 Å². The fourth-order valence-corrected chi connectivity index (χ4v) is 4.90. The molecule has 0 heterocycles. The molecule has 0 aromatic heterocycles. The van der Waals surface area contributed by atoms with Crippen molar-refractivity contribution in [1.82, 2.24) is 0 Å². The van der Waals surface area contributed by atoms with Gasteiger partial charge in [-0.3, -0.25) is 0 Å². The minimum Gasteiger partial charge on any atom is -0.429 e. The zero-order valence-corrected chi connectivity index (χ0v) is 20.4. The Labute approximate surface area is 212 Å². The van der Waals surface area contributed by atoms with E-state index in [9.17, 15) is 26.3 Å². The van der Waals surface area contributed by atoms with E-state index in [1.54, 1.807) is 0 Å². The second kappa shape index (κ2) is 11.4. The smallest absolute Gasteiger partial charge is 0.419 e. The summed E-state index contributed by atoms with van der Waals surface area (Å²) >= 11 is 0. The number of benzene rings is 3. The number of ether oxygens (including phenoxy) is 1. The van der Waals surface area contributed by atoms with E-state index in [-0.39, 0.29) is 22.8 Å². The second-order valence-electron chi connectivity index (χ2n) is 9.56. The van der Waals surface area contributed by atoms with Gasteiger partial charge >= 0.3 is 6.11 Å². The van der Waals surface area contributed by atoms with E-state index in [2.05, 4.69) is 6.92 Å². The zero-order chi connectivity index (χ0) is 26.6. The van der Waals surface area contributed by atoms with Crippen molar-refractivity contribution in [2.45, 2.75) is 51.6 Å². The summed E-state index contributed by atoms with van der Waals surface area (Å²) in [5.74, 6) is -3.58. The Balaban J connectivity index is 1.43. The van der Waals surface area contributed by atoms with Crippen LogP contribution in [0.5, 0.6) is 5.75 Å². The molecule has 0 spiro atoms. The summed E-state index contributed by atoms with van der Waals surface area (Å²) in [7, 11) is 0. The van der Waals surface area contributed by atoms with Crippen LogP contribution in [-0.2, 0) is 0 Å².